The Hall–Kier alpha value is -0.610. The van der Waals surface area contributed by atoms with Gasteiger partial charge in [0, 0.05) is 19.1 Å². The van der Waals surface area contributed by atoms with Crippen LogP contribution < -0.4 is 5.73 Å². The van der Waals surface area contributed by atoms with Gasteiger partial charge in [-0.25, -0.2) is 0 Å². The van der Waals surface area contributed by atoms with E-state index in [4.69, 9.17) is 5.73 Å². The molecule has 1 atom stereocenters. The maximum atomic E-state index is 12.1. The van der Waals surface area contributed by atoms with Gasteiger partial charge in [0.05, 0.1) is 6.04 Å². The molecule has 88 valence electrons. The van der Waals surface area contributed by atoms with Crippen molar-refractivity contribution >= 4 is 5.91 Å². The minimum absolute atomic E-state index is 0.0579. The molecule has 0 saturated carbocycles. The predicted molar refractivity (Wildman–Crippen MR) is 61.6 cm³/mol. The van der Waals surface area contributed by atoms with Gasteiger partial charge >= 0.3 is 0 Å². The average molecular weight is 213 g/mol. The molecule has 1 saturated heterocycles. The van der Waals surface area contributed by atoms with Crippen LogP contribution in [0.3, 0.4) is 0 Å². The van der Waals surface area contributed by atoms with Crippen molar-refractivity contribution in [2.75, 3.05) is 27.2 Å². The molecular weight excluding hydrogens is 190 g/mol. The summed E-state index contributed by atoms with van der Waals surface area (Å²) in [5.74, 6) is 0.202. The van der Waals surface area contributed by atoms with Crippen molar-refractivity contribution in [2.24, 2.45) is 5.73 Å². The number of nitrogens with zero attached hydrogens (tertiary/aromatic N) is 2. The van der Waals surface area contributed by atoms with E-state index in [2.05, 4.69) is 18.7 Å². The van der Waals surface area contributed by atoms with Crippen LogP contribution >= 0.6 is 0 Å². The van der Waals surface area contributed by atoms with Crippen molar-refractivity contribution in [1.29, 1.82) is 0 Å². The second kappa shape index (κ2) is 4.49. The zero-order valence-electron chi connectivity index (χ0n) is 10.3. The maximum Gasteiger partial charge on any atom is 0.239 e. The number of hydrogen-bond acceptors (Lipinski definition) is 3. The van der Waals surface area contributed by atoms with Crippen molar-refractivity contribution in [1.82, 2.24) is 9.80 Å². The quantitative estimate of drug-likeness (QED) is 0.716. The first-order valence-corrected chi connectivity index (χ1v) is 5.58. The minimum Gasteiger partial charge on any atom is -0.344 e. The standard InChI is InChI=1S/C11H23N3O/c1-11(2)6-8-13(3)10(15)9(5-7-12)14(11)4/h9H,5-8,12H2,1-4H3. The third-order valence-corrected chi connectivity index (χ3v) is 3.58. The summed E-state index contributed by atoms with van der Waals surface area (Å²) in [4.78, 5) is 16.1. The van der Waals surface area contributed by atoms with Gasteiger partial charge in [0.25, 0.3) is 0 Å². The summed E-state index contributed by atoms with van der Waals surface area (Å²) >= 11 is 0. The molecule has 0 spiro atoms. The Morgan fingerprint density at radius 2 is 2.07 bits per heavy atom. The molecule has 0 aromatic rings. The van der Waals surface area contributed by atoms with Gasteiger partial charge in [0.15, 0.2) is 0 Å². The SMILES string of the molecule is CN1CCC(C)(C)N(C)C(CCN)C1=O. The lowest BCUT2D eigenvalue weighted by molar-refractivity contribution is -0.134. The van der Waals surface area contributed by atoms with Crippen LogP contribution in [0, 0.1) is 0 Å². The molecule has 15 heavy (non-hydrogen) atoms. The molecular formula is C11H23N3O. The maximum absolute atomic E-state index is 12.1. The molecule has 2 N–H and O–H groups in total. The van der Waals surface area contributed by atoms with Crippen molar-refractivity contribution in [3.8, 4) is 0 Å². The van der Waals surface area contributed by atoms with Gasteiger partial charge in [-0.1, -0.05) is 0 Å². The van der Waals surface area contributed by atoms with Gasteiger partial charge in [0.1, 0.15) is 0 Å². The molecule has 1 aliphatic heterocycles. The number of rotatable bonds is 2. The fourth-order valence-corrected chi connectivity index (χ4v) is 2.04. The van der Waals surface area contributed by atoms with Gasteiger partial charge in [0.2, 0.25) is 5.91 Å². The van der Waals surface area contributed by atoms with Crippen molar-refractivity contribution < 1.29 is 4.79 Å². The Kier molecular flexibility index (Phi) is 3.73. The Balaban J connectivity index is 2.91. The van der Waals surface area contributed by atoms with Crippen LogP contribution in [-0.4, -0.2) is 54.5 Å². The number of carbonyl (C=O) groups is 1. The molecule has 0 bridgehead atoms. The van der Waals surface area contributed by atoms with Crippen LogP contribution in [-0.2, 0) is 4.79 Å². The minimum atomic E-state index is -0.0579. The van der Waals surface area contributed by atoms with E-state index in [9.17, 15) is 4.79 Å². The van der Waals surface area contributed by atoms with E-state index in [0.717, 1.165) is 19.4 Å². The second-order valence-corrected chi connectivity index (χ2v) is 5.03. The average Bonchev–Trinajstić information content (AvgIpc) is 2.25. The van der Waals surface area contributed by atoms with E-state index in [0.29, 0.717) is 6.54 Å². The molecule has 4 heteroatoms. The molecule has 1 rings (SSSR count). The number of likely N-dealkylation sites (N-methyl/N-ethyl adjacent to an activating group) is 2. The summed E-state index contributed by atoms with van der Waals surface area (Å²) in [6.07, 6.45) is 1.75. The zero-order chi connectivity index (χ0) is 11.6. The number of hydrogen-bond donors (Lipinski definition) is 1. The third kappa shape index (κ3) is 2.49. The third-order valence-electron chi connectivity index (χ3n) is 3.58. The van der Waals surface area contributed by atoms with Crippen LogP contribution in [0.1, 0.15) is 26.7 Å². The molecule has 1 aliphatic rings. The second-order valence-electron chi connectivity index (χ2n) is 5.03. The lowest BCUT2D eigenvalue weighted by Gasteiger charge is -2.37. The van der Waals surface area contributed by atoms with Crippen LogP contribution in [0.15, 0.2) is 0 Å². The molecule has 0 aliphatic carbocycles. The van der Waals surface area contributed by atoms with Crippen LogP contribution in [0.5, 0.6) is 0 Å². The molecule has 1 heterocycles. The van der Waals surface area contributed by atoms with E-state index >= 15 is 0 Å². The van der Waals surface area contributed by atoms with Gasteiger partial charge in [-0.3, -0.25) is 9.69 Å². The normalized spacial score (nSPS) is 27.9. The fourth-order valence-electron chi connectivity index (χ4n) is 2.04. The van der Waals surface area contributed by atoms with E-state index < -0.39 is 0 Å². The highest BCUT2D eigenvalue weighted by Gasteiger charge is 2.37. The van der Waals surface area contributed by atoms with Crippen molar-refractivity contribution in [3.63, 3.8) is 0 Å². The Bertz CT molecular complexity index is 240. The highest BCUT2D eigenvalue weighted by atomic mass is 16.2. The molecule has 1 fully saturated rings. The van der Waals surface area contributed by atoms with Crippen molar-refractivity contribution in [3.05, 3.63) is 0 Å². The smallest absolute Gasteiger partial charge is 0.239 e. The first-order chi connectivity index (χ1) is 6.90. The molecule has 0 aromatic heterocycles. The van der Waals surface area contributed by atoms with Gasteiger partial charge in [-0.15, -0.1) is 0 Å². The van der Waals surface area contributed by atoms with E-state index in [1.54, 1.807) is 0 Å². The summed E-state index contributed by atoms with van der Waals surface area (Å²) in [5.41, 5.74) is 5.64. The largest absolute Gasteiger partial charge is 0.344 e. The van der Waals surface area contributed by atoms with Gasteiger partial charge in [-0.05, 0) is 40.3 Å². The predicted octanol–water partition coefficient (Wildman–Crippen LogP) is 0.276. The Labute approximate surface area is 92.4 Å². The zero-order valence-corrected chi connectivity index (χ0v) is 10.3. The summed E-state index contributed by atoms with van der Waals surface area (Å²) < 4.78 is 0. The molecule has 1 amide bonds. The first kappa shape index (κ1) is 12.5. The Morgan fingerprint density at radius 3 is 2.60 bits per heavy atom. The Morgan fingerprint density at radius 1 is 1.47 bits per heavy atom. The van der Waals surface area contributed by atoms with Gasteiger partial charge < -0.3 is 10.6 Å². The van der Waals surface area contributed by atoms with E-state index in [-0.39, 0.29) is 17.5 Å². The summed E-state index contributed by atoms with van der Waals surface area (Å²) in [6.45, 7) is 5.76. The van der Waals surface area contributed by atoms with Crippen LogP contribution in [0.4, 0.5) is 0 Å². The highest BCUT2D eigenvalue weighted by molar-refractivity contribution is 5.82. The molecule has 0 aromatic carbocycles. The molecule has 1 unspecified atom stereocenters. The lowest BCUT2D eigenvalue weighted by Crippen LogP contribution is -2.50. The summed E-state index contributed by atoms with van der Waals surface area (Å²) in [6, 6.07) is -0.0579. The number of carbonyl (C=O) groups excluding carboxylic acids is 1. The fraction of sp³-hybridized carbons (Fsp3) is 0.909. The molecule has 4 nitrogen and oxygen atoms in total. The number of amides is 1. The number of nitrogens with two attached hydrogens (primary N) is 1. The highest BCUT2D eigenvalue weighted by Crippen LogP contribution is 2.25. The van der Waals surface area contributed by atoms with E-state index in [1.165, 1.54) is 0 Å². The monoisotopic (exact) mass is 213 g/mol. The molecule has 0 radical (unpaired) electrons. The van der Waals surface area contributed by atoms with E-state index in [1.807, 2.05) is 19.0 Å². The summed E-state index contributed by atoms with van der Waals surface area (Å²) in [7, 11) is 3.90. The van der Waals surface area contributed by atoms with Crippen molar-refractivity contribution in [2.45, 2.75) is 38.3 Å². The van der Waals surface area contributed by atoms with Gasteiger partial charge in [-0.2, -0.15) is 0 Å². The van der Waals surface area contributed by atoms with Crippen LogP contribution in [0.2, 0.25) is 0 Å². The lowest BCUT2D eigenvalue weighted by atomic mass is 9.97. The summed E-state index contributed by atoms with van der Waals surface area (Å²) in [5, 5.41) is 0. The topological polar surface area (TPSA) is 49.6 Å². The van der Waals surface area contributed by atoms with Crippen LogP contribution in [0.25, 0.3) is 0 Å². The first-order valence-electron chi connectivity index (χ1n) is 5.58.